The summed E-state index contributed by atoms with van der Waals surface area (Å²) in [7, 11) is 0. The van der Waals surface area contributed by atoms with Gasteiger partial charge in [-0.1, -0.05) is 214 Å². The normalized spacial score (nSPS) is 18.1. The van der Waals surface area contributed by atoms with Crippen molar-refractivity contribution in [2.75, 3.05) is 9.80 Å². The molecule has 4 aliphatic rings. The molecule has 3 unspecified atom stereocenters. The Kier molecular flexibility index (Phi) is 10.3. The third kappa shape index (κ3) is 6.66. The van der Waals surface area contributed by atoms with E-state index in [1.165, 1.54) is 130 Å². The van der Waals surface area contributed by atoms with Gasteiger partial charge in [-0.05, 0) is 175 Å². The third-order valence-corrected chi connectivity index (χ3v) is 18.1. The summed E-state index contributed by atoms with van der Waals surface area (Å²) in [6.07, 6.45) is 4.58. The number of anilines is 6. The van der Waals surface area contributed by atoms with E-state index in [2.05, 4.69) is 278 Å². The van der Waals surface area contributed by atoms with Crippen LogP contribution in [-0.4, -0.2) is 0 Å². The van der Waals surface area contributed by atoms with Crippen molar-refractivity contribution in [2.24, 2.45) is 11.8 Å². The molecule has 11 aromatic carbocycles. The van der Waals surface area contributed by atoms with Gasteiger partial charge in [0.15, 0.2) is 0 Å². The molecule has 4 aliphatic carbocycles. The van der Waals surface area contributed by atoms with Gasteiger partial charge in [-0.25, -0.2) is 0 Å². The zero-order valence-corrected chi connectivity index (χ0v) is 43.1. The first kappa shape index (κ1) is 44.7. The molecule has 76 heavy (non-hydrogen) atoms. The molecule has 1 fully saturated rings. The van der Waals surface area contributed by atoms with Gasteiger partial charge < -0.3 is 9.80 Å². The van der Waals surface area contributed by atoms with Crippen LogP contribution >= 0.6 is 0 Å². The number of hydrogen-bond acceptors (Lipinski definition) is 2. The number of hydrogen-bond donors (Lipinski definition) is 0. The van der Waals surface area contributed by atoms with Gasteiger partial charge in [-0.2, -0.15) is 0 Å². The largest absolute Gasteiger partial charge is 0.310 e. The van der Waals surface area contributed by atoms with Gasteiger partial charge >= 0.3 is 0 Å². The minimum absolute atomic E-state index is 0.196. The highest BCUT2D eigenvalue weighted by Gasteiger charge is 2.62. The molecule has 15 rings (SSSR count). The lowest BCUT2D eigenvalue weighted by Gasteiger charge is -2.40. The molecule has 2 nitrogen and oxygen atoms in total. The fourth-order valence-electron chi connectivity index (χ4n) is 15.0. The van der Waals surface area contributed by atoms with Gasteiger partial charge in [0, 0.05) is 33.5 Å². The Balaban J connectivity index is 0.941. The SMILES string of the molecule is CC1(C)c2cc(N(c3ccccc3)c3cccc4c3C35c6c(cccc6N(c6ccccc6)c6ccc7ccccc7c6-c6ccc(-c7ccccc7)cc6)CC3CCC5C4)ccc2-c2c(-c3ccccc3)cccc21. The van der Waals surface area contributed by atoms with Crippen molar-refractivity contribution in [3.8, 4) is 44.5 Å². The first-order valence-electron chi connectivity index (χ1n) is 27.4. The molecule has 0 aromatic heterocycles. The molecule has 2 heteroatoms. The van der Waals surface area contributed by atoms with Gasteiger partial charge in [0.2, 0.25) is 0 Å². The quantitative estimate of drug-likeness (QED) is 0.142. The second kappa shape index (κ2) is 17.4. The van der Waals surface area contributed by atoms with Gasteiger partial charge in [-0.3, -0.25) is 0 Å². The number of benzene rings is 11. The summed E-state index contributed by atoms with van der Waals surface area (Å²) in [5.74, 6) is 0.940. The molecule has 1 saturated carbocycles. The summed E-state index contributed by atoms with van der Waals surface area (Å²) in [6.45, 7) is 4.85. The summed E-state index contributed by atoms with van der Waals surface area (Å²) in [6, 6.07) is 95.9. The van der Waals surface area contributed by atoms with Crippen molar-refractivity contribution in [1.29, 1.82) is 0 Å². The summed E-state index contributed by atoms with van der Waals surface area (Å²) < 4.78 is 0. The van der Waals surface area contributed by atoms with E-state index in [4.69, 9.17) is 0 Å². The van der Waals surface area contributed by atoms with Crippen molar-refractivity contribution in [3.05, 3.63) is 288 Å². The highest BCUT2D eigenvalue weighted by Crippen LogP contribution is 2.69. The second-order valence-corrected chi connectivity index (χ2v) is 22.3. The van der Waals surface area contributed by atoms with E-state index < -0.39 is 0 Å². The number of nitrogens with zero attached hydrogens (tertiary/aromatic N) is 2. The van der Waals surface area contributed by atoms with Crippen LogP contribution in [0.5, 0.6) is 0 Å². The molecule has 11 aromatic rings. The monoisotopic (exact) mass is 974 g/mol. The standard InChI is InChI=1S/C74H58N2/c1-73(2)64-33-19-32-62(51-22-9-4-10-23-51)70(64)63-44-43-60(48-65(63)73)75(58-27-11-5-12-28-58)67-34-17-25-54-46-56-41-42-57-47-55-26-18-35-68(72(55)74(56,57)71(54)67)76(59-29-13-6-14-30-59)66-45-40-52-24-15-16-31-61(52)69(66)53-38-36-50(37-39-53)49-20-7-3-8-21-49/h3-40,43-45,48,56-57H,41-42,46-47H2,1-2H3. The Bertz CT molecular complexity index is 4020. The molecule has 0 aliphatic heterocycles. The molecule has 3 atom stereocenters. The molecule has 0 saturated heterocycles. The summed E-state index contributed by atoms with van der Waals surface area (Å²) in [4.78, 5) is 5.26. The molecule has 1 spiro atoms. The highest BCUT2D eigenvalue weighted by atomic mass is 15.2. The van der Waals surface area contributed by atoms with E-state index in [0.29, 0.717) is 11.8 Å². The van der Waals surface area contributed by atoms with Gasteiger partial charge in [0.1, 0.15) is 0 Å². The number of fused-ring (bicyclic) bond motifs is 6. The molecule has 0 bridgehead atoms. The summed E-state index contributed by atoms with van der Waals surface area (Å²) in [5, 5.41) is 2.49. The topological polar surface area (TPSA) is 6.48 Å². The molecule has 0 amide bonds. The van der Waals surface area contributed by atoms with Crippen LogP contribution in [0.2, 0.25) is 0 Å². The molecule has 364 valence electrons. The molecule has 0 N–H and O–H groups in total. The first-order valence-corrected chi connectivity index (χ1v) is 27.4. The lowest BCUT2D eigenvalue weighted by atomic mass is 9.68. The lowest BCUT2D eigenvalue weighted by Crippen LogP contribution is -2.34. The van der Waals surface area contributed by atoms with Crippen molar-refractivity contribution in [1.82, 2.24) is 0 Å². The zero-order valence-electron chi connectivity index (χ0n) is 43.1. The van der Waals surface area contributed by atoms with Crippen LogP contribution in [0.4, 0.5) is 34.1 Å². The fourth-order valence-corrected chi connectivity index (χ4v) is 15.0. The summed E-state index contributed by atoms with van der Waals surface area (Å²) in [5.41, 5.74) is 25.9. The van der Waals surface area contributed by atoms with Crippen LogP contribution in [0.25, 0.3) is 55.3 Å². The first-order chi connectivity index (χ1) is 37.5. The van der Waals surface area contributed by atoms with Crippen LogP contribution in [0.15, 0.2) is 255 Å². The number of para-hydroxylation sites is 2. The molecular formula is C74H58N2. The van der Waals surface area contributed by atoms with Gasteiger partial charge in [-0.15, -0.1) is 0 Å². The van der Waals surface area contributed by atoms with Crippen LogP contribution in [0, 0.1) is 11.8 Å². The zero-order chi connectivity index (χ0) is 50.5. The Labute approximate surface area is 447 Å². The maximum absolute atomic E-state index is 2.64. The average Bonchev–Trinajstić information content (AvgIpc) is 4.35. The van der Waals surface area contributed by atoms with Crippen LogP contribution < -0.4 is 9.80 Å². The third-order valence-electron chi connectivity index (χ3n) is 18.1. The van der Waals surface area contributed by atoms with E-state index in [9.17, 15) is 0 Å². The average molecular weight is 975 g/mol. The predicted molar refractivity (Wildman–Crippen MR) is 318 cm³/mol. The van der Waals surface area contributed by atoms with Gasteiger partial charge in [0.25, 0.3) is 0 Å². The van der Waals surface area contributed by atoms with Crippen molar-refractivity contribution >= 4 is 44.9 Å². The van der Waals surface area contributed by atoms with Crippen molar-refractivity contribution < 1.29 is 0 Å². The number of rotatable bonds is 9. The van der Waals surface area contributed by atoms with E-state index in [1.807, 2.05) is 0 Å². The van der Waals surface area contributed by atoms with E-state index >= 15 is 0 Å². The van der Waals surface area contributed by atoms with Crippen LogP contribution in [-0.2, 0) is 23.7 Å². The minimum Gasteiger partial charge on any atom is -0.310 e. The van der Waals surface area contributed by atoms with E-state index in [-0.39, 0.29) is 10.8 Å². The highest BCUT2D eigenvalue weighted by molar-refractivity contribution is 6.06. The Morgan fingerprint density at radius 1 is 0.355 bits per heavy atom. The van der Waals surface area contributed by atoms with E-state index in [0.717, 1.165) is 18.5 Å². The predicted octanol–water partition coefficient (Wildman–Crippen LogP) is 19.5. The summed E-state index contributed by atoms with van der Waals surface area (Å²) >= 11 is 0. The molecule has 0 heterocycles. The Morgan fingerprint density at radius 2 is 0.895 bits per heavy atom. The fraction of sp³-hybridized carbons (Fsp3) is 0.135. The maximum atomic E-state index is 2.64. The van der Waals surface area contributed by atoms with Crippen molar-refractivity contribution in [3.63, 3.8) is 0 Å². The Hall–Kier alpha value is -8.72. The van der Waals surface area contributed by atoms with Crippen LogP contribution in [0.3, 0.4) is 0 Å². The maximum Gasteiger partial charge on any atom is 0.0546 e. The Morgan fingerprint density at radius 3 is 1.55 bits per heavy atom. The van der Waals surface area contributed by atoms with Crippen LogP contribution in [0.1, 0.15) is 60.1 Å². The molecular weight excluding hydrogens is 917 g/mol. The van der Waals surface area contributed by atoms with Gasteiger partial charge in [0.05, 0.1) is 17.1 Å². The minimum atomic E-state index is -0.205. The smallest absolute Gasteiger partial charge is 0.0546 e. The molecule has 0 radical (unpaired) electrons. The second-order valence-electron chi connectivity index (χ2n) is 22.3. The lowest BCUT2D eigenvalue weighted by molar-refractivity contribution is 0.350. The van der Waals surface area contributed by atoms with Crippen molar-refractivity contribution in [2.45, 2.75) is 50.4 Å². The van der Waals surface area contributed by atoms with E-state index in [1.54, 1.807) is 0 Å².